The normalized spacial score (nSPS) is 14.4. The summed E-state index contributed by atoms with van der Waals surface area (Å²) in [6.07, 6.45) is 6.69. The van der Waals surface area contributed by atoms with E-state index in [1.165, 1.54) is 26.4 Å². The zero-order chi connectivity index (χ0) is 26.7. The summed E-state index contributed by atoms with van der Waals surface area (Å²) in [4.78, 5) is 22.9. The van der Waals surface area contributed by atoms with Gasteiger partial charge in [-0.25, -0.2) is 9.59 Å². The van der Waals surface area contributed by atoms with Crippen LogP contribution in [0.15, 0.2) is 47.5 Å². The second-order valence-corrected chi connectivity index (χ2v) is 8.87. The molecule has 0 bridgehead atoms. The van der Waals surface area contributed by atoms with Crippen LogP contribution < -0.4 is 4.74 Å². The average molecular weight is 497 g/mol. The molecule has 1 N–H and O–H groups in total. The number of phenols is 1. The first-order chi connectivity index (χ1) is 17.1. The Labute approximate surface area is 213 Å². The van der Waals surface area contributed by atoms with Gasteiger partial charge in [0.2, 0.25) is 0 Å². The quantitative estimate of drug-likeness (QED) is 0.462. The summed E-state index contributed by atoms with van der Waals surface area (Å²) in [5.74, 6) is 0.136. The standard InChI is InChI=1S/C17H22O4.C12H14O3/c1-12(2)10-14-11-13(17(18)19-3)7-8-15(14)21-16-6-4-5-9-20-16;1-8(2)6-10-7-9(12(14)15-3)4-5-11(10)13/h7-8,10-11,16H,4-6,9H2,1-3H3;4-7,13H,1-3H3. The van der Waals surface area contributed by atoms with Crippen LogP contribution in [0.1, 0.15) is 78.8 Å². The minimum Gasteiger partial charge on any atom is -0.507 e. The predicted octanol–water partition coefficient (Wildman–Crippen LogP) is 6.40. The highest BCUT2D eigenvalue weighted by molar-refractivity contribution is 5.91. The molecule has 0 saturated carbocycles. The summed E-state index contributed by atoms with van der Waals surface area (Å²) >= 11 is 0. The van der Waals surface area contributed by atoms with E-state index in [1.54, 1.807) is 24.3 Å². The number of allylic oxidation sites excluding steroid dienone is 2. The van der Waals surface area contributed by atoms with E-state index in [-0.39, 0.29) is 18.0 Å². The maximum atomic E-state index is 11.6. The highest BCUT2D eigenvalue weighted by Gasteiger charge is 2.17. The van der Waals surface area contributed by atoms with Gasteiger partial charge < -0.3 is 24.1 Å². The Kier molecular flexibility index (Phi) is 11.2. The van der Waals surface area contributed by atoms with Crippen molar-refractivity contribution in [1.29, 1.82) is 0 Å². The molecule has 1 aliphatic heterocycles. The van der Waals surface area contributed by atoms with Gasteiger partial charge in [-0.15, -0.1) is 0 Å². The highest BCUT2D eigenvalue weighted by Crippen LogP contribution is 2.27. The number of aromatic hydroxyl groups is 1. The van der Waals surface area contributed by atoms with Crippen LogP contribution in [-0.2, 0) is 14.2 Å². The molecular weight excluding hydrogens is 460 g/mol. The first-order valence-electron chi connectivity index (χ1n) is 11.9. The predicted molar refractivity (Wildman–Crippen MR) is 140 cm³/mol. The molecule has 0 aliphatic carbocycles. The summed E-state index contributed by atoms with van der Waals surface area (Å²) in [5.41, 5.74) is 4.62. The van der Waals surface area contributed by atoms with Crippen molar-refractivity contribution in [3.63, 3.8) is 0 Å². The second-order valence-electron chi connectivity index (χ2n) is 8.87. The van der Waals surface area contributed by atoms with E-state index < -0.39 is 5.97 Å². The molecular formula is C29H36O7. The third kappa shape index (κ3) is 8.89. The summed E-state index contributed by atoms with van der Waals surface area (Å²) in [6.45, 7) is 8.59. The number of carbonyl (C=O) groups excluding carboxylic acids is 2. The minimum atomic E-state index is -0.404. The number of methoxy groups -OCH3 is 2. The van der Waals surface area contributed by atoms with Crippen LogP contribution in [0.2, 0.25) is 0 Å². The molecule has 7 nitrogen and oxygen atoms in total. The van der Waals surface area contributed by atoms with Crippen LogP contribution >= 0.6 is 0 Å². The topological polar surface area (TPSA) is 91.3 Å². The Hall–Kier alpha value is -3.58. The van der Waals surface area contributed by atoms with Gasteiger partial charge in [0.15, 0.2) is 6.29 Å². The van der Waals surface area contributed by atoms with Gasteiger partial charge in [0.05, 0.1) is 32.0 Å². The molecule has 1 atom stereocenters. The van der Waals surface area contributed by atoms with Crippen molar-refractivity contribution in [2.45, 2.75) is 53.2 Å². The van der Waals surface area contributed by atoms with Crippen molar-refractivity contribution >= 4 is 24.1 Å². The van der Waals surface area contributed by atoms with Crippen LogP contribution in [-0.4, -0.2) is 44.2 Å². The second kappa shape index (κ2) is 14.1. The van der Waals surface area contributed by atoms with Crippen molar-refractivity contribution in [2.24, 2.45) is 0 Å². The molecule has 2 aromatic carbocycles. The number of esters is 2. The molecule has 0 radical (unpaired) electrons. The molecule has 1 heterocycles. The zero-order valence-electron chi connectivity index (χ0n) is 21.9. The van der Waals surface area contributed by atoms with Gasteiger partial charge in [-0.05, 0) is 76.9 Å². The van der Waals surface area contributed by atoms with Gasteiger partial charge in [-0.3, -0.25) is 0 Å². The lowest BCUT2D eigenvalue weighted by Gasteiger charge is -2.24. The number of benzene rings is 2. The van der Waals surface area contributed by atoms with Crippen LogP contribution in [0.3, 0.4) is 0 Å². The van der Waals surface area contributed by atoms with Gasteiger partial charge in [0, 0.05) is 17.5 Å². The molecule has 0 aromatic heterocycles. The van der Waals surface area contributed by atoms with E-state index in [9.17, 15) is 14.7 Å². The molecule has 1 saturated heterocycles. The maximum Gasteiger partial charge on any atom is 0.337 e. The van der Waals surface area contributed by atoms with Gasteiger partial charge in [-0.2, -0.15) is 0 Å². The average Bonchev–Trinajstić information content (AvgIpc) is 2.86. The fourth-order valence-electron chi connectivity index (χ4n) is 3.50. The third-order valence-electron chi connectivity index (χ3n) is 5.16. The lowest BCUT2D eigenvalue weighted by molar-refractivity contribution is -0.106. The van der Waals surface area contributed by atoms with Crippen LogP contribution in [0.5, 0.6) is 11.5 Å². The van der Waals surface area contributed by atoms with Crippen LogP contribution in [0.25, 0.3) is 12.2 Å². The SMILES string of the molecule is COC(=O)c1ccc(O)c(C=C(C)C)c1.COC(=O)c1ccc(OC2CCCCO2)c(C=C(C)C)c1. The fourth-order valence-corrected chi connectivity index (χ4v) is 3.50. The zero-order valence-corrected chi connectivity index (χ0v) is 21.9. The molecule has 36 heavy (non-hydrogen) atoms. The Morgan fingerprint density at radius 3 is 1.94 bits per heavy atom. The fraction of sp³-hybridized carbons (Fsp3) is 0.379. The lowest BCUT2D eigenvalue weighted by atomic mass is 10.1. The molecule has 0 amide bonds. The molecule has 0 spiro atoms. The summed E-state index contributed by atoms with van der Waals surface area (Å²) in [5, 5.41) is 9.54. The molecule has 1 unspecified atom stereocenters. The Morgan fingerprint density at radius 2 is 1.42 bits per heavy atom. The lowest BCUT2D eigenvalue weighted by Crippen LogP contribution is -2.25. The van der Waals surface area contributed by atoms with E-state index in [4.69, 9.17) is 14.2 Å². The molecule has 3 rings (SSSR count). The van der Waals surface area contributed by atoms with Gasteiger partial charge >= 0.3 is 11.9 Å². The molecule has 194 valence electrons. The summed E-state index contributed by atoms with van der Waals surface area (Å²) in [7, 11) is 2.71. The van der Waals surface area contributed by atoms with E-state index in [1.807, 2.05) is 39.8 Å². The number of rotatable bonds is 6. The van der Waals surface area contributed by atoms with E-state index in [2.05, 4.69) is 4.74 Å². The van der Waals surface area contributed by atoms with E-state index in [0.717, 1.165) is 48.3 Å². The van der Waals surface area contributed by atoms with Crippen molar-refractivity contribution in [3.05, 3.63) is 69.8 Å². The van der Waals surface area contributed by atoms with Crippen molar-refractivity contribution in [2.75, 3.05) is 20.8 Å². The summed E-state index contributed by atoms with van der Waals surface area (Å²) in [6, 6.07) is 9.93. The van der Waals surface area contributed by atoms with Crippen molar-refractivity contribution in [1.82, 2.24) is 0 Å². The van der Waals surface area contributed by atoms with Gasteiger partial charge in [0.1, 0.15) is 11.5 Å². The van der Waals surface area contributed by atoms with Gasteiger partial charge in [-0.1, -0.05) is 23.3 Å². The molecule has 1 aliphatic rings. The molecule has 2 aromatic rings. The van der Waals surface area contributed by atoms with Crippen LogP contribution in [0, 0.1) is 0 Å². The first kappa shape index (κ1) is 28.7. The molecule has 1 fully saturated rings. The Morgan fingerprint density at radius 1 is 0.861 bits per heavy atom. The largest absolute Gasteiger partial charge is 0.507 e. The smallest absolute Gasteiger partial charge is 0.337 e. The third-order valence-corrected chi connectivity index (χ3v) is 5.16. The maximum absolute atomic E-state index is 11.6. The monoisotopic (exact) mass is 496 g/mol. The number of carbonyl (C=O) groups is 2. The summed E-state index contributed by atoms with van der Waals surface area (Å²) < 4.78 is 20.9. The van der Waals surface area contributed by atoms with Crippen LogP contribution in [0.4, 0.5) is 0 Å². The minimum absolute atomic E-state index is 0.156. The number of ether oxygens (including phenoxy) is 4. The van der Waals surface area contributed by atoms with Crippen molar-refractivity contribution in [3.8, 4) is 11.5 Å². The molecule has 7 heteroatoms. The highest BCUT2D eigenvalue weighted by atomic mass is 16.7. The first-order valence-corrected chi connectivity index (χ1v) is 11.9. The van der Waals surface area contributed by atoms with E-state index in [0.29, 0.717) is 16.7 Å². The number of hydrogen-bond donors (Lipinski definition) is 1. The number of phenolic OH excluding ortho intramolecular Hbond substituents is 1. The van der Waals surface area contributed by atoms with E-state index >= 15 is 0 Å². The van der Waals surface area contributed by atoms with Crippen molar-refractivity contribution < 1.29 is 33.6 Å². The Balaban J connectivity index is 0.000000269. The number of hydrogen-bond acceptors (Lipinski definition) is 7. The van der Waals surface area contributed by atoms with Gasteiger partial charge in [0.25, 0.3) is 0 Å². The Bertz CT molecular complexity index is 1100.